The van der Waals surface area contributed by atoms with Crippen LogP contribution in [0.25, 0.3) is 0 Å². The minimum Gasteiger partial charge on any atom is -0.493 e. The summed E-state index contributed by atoms with van der Waals surface area (Å²) in [5, 5.41) is 3.47. The first-order valence-corrected chi connectivity index (χ1v) is 7.59. The summed E-state index contributed by atoms with van der Waals surface area (Å²) in [4.78, 5) is 0. The molecule has 1 N–H and O–H groups in total. The highest BCUT2D eigenvalue weighted by Crippen LogP contribution is 2.38. The summed E-state index contributed by atoms with van der Waals surface area (Å²) in [5.74, 6) is 2.30. The third-order valence-corrected chi connectivity index (χ3v) is 3.99. The lowest BCUT2D eigenvalue weighted by Gasteiger charge is -2.20. The van der Waals surface area contributed by atoms with Crippen molar-refractivity contribution in [3.63, 3.8) is 0 Å². The molecule has 0 saturated heterocycles. The third-order valence-electron chi connectivity index (χ3n) is 3.31. The average molecular weight is 354 g/mol. The number of ether oxygens (including phenoxy) is 2. The summed E-state index contributed by atoms with van der Waals surface area (Å²) >= 11 is 3.62. The van der Waals surface area contributed by atoms with Crippen LogP contribution >= 0.6 is 15.9 Å². The van der Waals surface area contributed by atoms with Crippen LogP contribution in [0.5, 0.6) is 11.5 Å². The van der Waals surface area contributed by atoms with E-state index in [1.54, 1.807) is 20.5 Å². The van der Waals surface area contributed by atoms with Crippen LogP contribution in [0, 0.1) is 6.92 Å². The van der Waals surface area contributed by atoms with Crippen molar-refractivity contribution in [2.45, 2.75) is 19.9 Å². The molecule has 2 aromatic rings. The Balaban J connectivity index is 2.49. The standard InChI is InChI=1S/C16H20BrNO3/c1-5-18-16(11-6-10(2)21-9-11)12-7-14(19-3)15(20-4)8-13(12)17/h6-9,16,18H,5H2,1-4H3. The second-order valence-corrected chi connectivity index (χ2v) is 5.56. The molecule has 21 heavy (non-hydrogen) atoms. The Hall–Kier alpha value is -1.46. The lowest BCUT2D eigenvalue weighted by Crippen LogP contribution is -2.22. The van der Waals surface area contributed by atoms with Gasteiger partial charge < -0.3 is 19.2 Å². The van der Waals surface area contributed by atoms with Crippen molar-refractivity contribution in [2.24, 2.45) is 0 Å². The summed E-state index contributed by atoms with van der Waals surface area (Å²) in [5.41, 5.74) is 2.16. The Morgan fingerprint density at radius 2 is 1.86 bits per heavy atom. The SMILES string of the molecule is CCNC(c1coc(C)c1)c1cc(OC)c(OC)cc1Br. The monoisotopic (exact) mass is 353 g/mol. The van der Waals surface area contributed by atoms with Gasteiger partial charge in [-0.2, -0.15) is 0 Å². The maximum absolute atomic E-state index is 5.44. The van der Waals surface area contributed by atoms with E-state index in [4.69, 9.17) is 13.9 Å². The van der Waals surface area contributed by atoms with Crippen LogP contribution in [0.15, 0.2) is 33.4 Å². The molecule has 4 nitrogen and oxygen atoms in total. The highest BCUT2D eigenvalue weighted by molar-refractivity contribution is 9.10. The smallest absolute Gasteiger partial charge is 0.161 e. The highest BCUT2D eigenvalue weighted by atomic mass is 79.9. The number of hydrogen-bond acceptors (Lipinski definition) is 4. The van der Waals surface area contributed by atoms with E-state index in [0.717, 1.165) is 27.9 Å². The molecule has 114 valence electrons. The zero-order valence-corrected chi connectivity index (χ0v) is 14.3. The summed E-state index contributed by atoms with van der Waals surface area (Å²) in [6, 6.07) is 5.97. The average Bonchev–Trinajstić information content (AvgIpc) is 2.91. The van der Waals surface area contributed by atoms with Gasteiger partial charge >= 0.3 is 0 Å². The number of furan rings is 1. The van der Waals surface area contributed by atoms with E-state index in [-0.39, 0.29) is 6.04 Å². The predicted octanol–water partition coefficient (Wildman–Crippen LogP) is 4.07. The molecule has 5 heteroatoms. The van der Waals surface area contributed by atoms with Gasteiger partial charge in [-0.1, -0.05) is 22.9 Å². The molecule has 0 spiro atoms. The predicted molar refractivity (Wildman–Crippen MR) is 86.2 cm³/mol. The van der Waals surface area contributed by atoms with Gasteiger partial charge in [0, 0.05) is 10.0 Å². The van der Waals surface area contributed by atoms with Gasteiger partial charge in [-0.25, -0.2) is 0 Å². The first-order valence-electron chi connectivity index (χ1n) is 6.80. The number of rotatable bonds is 6. The van der Waals surface area contributed by atoms with E-state index >= 15 is 0 Å². The molecule has 1 atom stereocenters. The summed E-state index contributed by atoms with van der Waals surface area (Å²) < 4.78 is 17.1. The Labute approximate surface area is 133 Å². The molecule has 1 aromatic carbocycles. The minimum atomic E-state index is 0.0293. The molecule has 0 saturated carbocycles. The lowest BCUT2D eigenvalue weighted by atomic mass is 10.00. The maximum atomic E-state index is 5.44. The molecule has 1 aromatic heterocycles. The second kappa shape index (κ2) is 7.00. The third kappa shape index (κ3) is 3.41. The van der Waals surface area contributed by atoms with E-state index in [1.807, 2.05) is 25.1 Å². The van der Waals surface area contributed by atoms with Gasteiger partial charge in [-0.3, -0.25) is 0 Å². The first kappa shape index (κ1) is 15.9. The number of nitrogens with one attached hydrogen (secondary N) is 1. The van der Waals surface area contributed by atoms with Crippen LogP contribution in [-0.2, 0) is 0 Å². The van der Waals surface area contributed by atoms with Crippen LogP contribution in [0.3, 0.4) is 0 Å². The van der Waals surface area contributed by atoms with Gasteiger partial charge in [-0.05, 0) is 37.2 Å². The van der Waals surface area contributed by atoms with Crippen molar-refractivity contribution in [3.05, 3.63) is 45.8 Å². The Morgan fingerprint density at radius 1 is 1.19 bits per heavy atom. The van der Waals surface area contributed by atoms with Crippen LogP contribution < -0.4 is 14.8 Å². The van der Waals surface area contributed by atoms with Crippen molar-refractivity contribution < 1.29 is 13.9 Å². The summed E-state index contributed by atoms with van der Waals surface area (Å²) in [6.07, 6.45) is 1.78. The van der Waals surface area contributed by atoms with Crippen LogP contribution in [0.2, 0.25) is 0 Å². The lowest BCUT2D eigenvalue weighted by molar-refractivity contribution is 0.354. The summed E-state index contributed by atoms with van der Waals surface area (Å²) in [6.45, 7) is 4.86. The Morgan fingerprint density at radius 3 is 2.38 bits per heavy atom. The fourth-order valence-corrected chi connectivity index (χ4v) is 2.87. The molecule has 0 aliphatic heterocycles. The molecule has 0 bridgehead atoms. The summed E-state index contributed by atoms with van der Waals surface area (Å²) in [7, 11) is 3.27. The molecule has 1 heterocycles. The maximum Gasteiger partial charge on any atom is 0.161 e. The topological polar surface area (TPSA) is 43.6 Å². The van der Waals surface area contributed by atoms with Gasteiger partial charge in [0.25, 0.3) is 0 Å². The fourth-order valence-electron chi connectivity index (χ4n) is 2.32. The number of hydrogen-bond donors (Lipinski definition) is 1. The molecular formula is C16H20BrNO3. The number of benzene rings is 1. The number of methoxy groups -OCH3 is 2. The quantitative estimate of drug-likeness (QED) is 0.850. The van der Waals surface area contributed by atoms with Crippen LogP contribution in [-0.4, -0.2) is 20.8 Å². The van der Waals surface area contributed by atoms with E-state index in [1.165, 1.54) is 0 Å². The van der Waals surface area contributed by atoms with Crippen molar-refractivity contribution >= 4 is 15.9 Å². The van der Waals surface area contributed by atoms with Crippen molar-refractivity contribution in [2.75, 3.05) is 20.8 Å². The Kier molecular flexibility index (Phi) is 5.31. The number of aryl methyl sites for hydroxylation is 1. The van der Waals surface area contributed by atoms with Gasteiger partial charge in [0.05, 0.1) is 26.5 Å². The van der Waals surface area contributed by atoms with Gasteiger partial charge in [0.2, 0.25) is 0 Å². The van der Waals surface area contributed by atoms with E-state index in [9.17, 15) is 0 Å². The molecule has 0 aliphatic rings. The minimum absolute atomic E-state index is 0.0293. The largest absolute Gasteiger partial charge is 0.493 e. The van der Waals surface area contributed by atoms with E-state index < -0.39 is 0 Å². The first-order chi connectivity index (χ1) is 10.1. The highest BCUT2D eigenvalue weighted by Gasteiger charge is 2.20. The zero-order chi connectivity index (χ0) is 15.4. The Bertz CT molecular complexity index is 610. The van der Waals surface area contributed by atoms with Crippen molar-refractivity contribution in [1.29, 1.82) is 0 Å². The van der Waals surface area contributed by atoms with Crippen molar-refractivity contribution in [1.82, 2.24) is 5.32 Å². The fraction of sp³-hybridized carbons (Fsp3) is 0.375. The molecule has 0 radical (unpaired) electrons. The van der Waals surface area contributed by atoms with Gasteiger partial charge in [-0.15, -0.1) is 0 Å². The molecular weight excluding hydrogens is 334 g/mol. The molecule has 1 unspecified atom stereocenters. The van der Waals surface area contributed by atoms with Gasteiger partial charge in [0.1, 0.15) is 5.76 Å². The molecule has 2 rings (SSSR count). The second-order valence-electron chi connectivity index (χ2n) is 4.71. The molecule has 0 fully saturated rings. The normalized spacial score (nSPS) is 12.2. The van der Waals surface area contributed by atoms with Crippen LogP contribution in [0.4, 0.5) is 0 Å². The van der Waals surface area contributed by atoms with E-state index in [2.05, 4.69) is 28.2 Å². The molecule has 0 aliphatic carbocycles. The van der Waals surface area contributed by atoms with Gasteiger partial charge in [0.15, 0.2) is 11.5 Å². The molecule has 0 amide bonds. The van der Waals surface area contributed by atoms with Crippen LogP contribution in [0.1, 0.15) is 29.9 Å². The van der Waals surface area contributed by atoms with Crippen molar-refractivity contribution in [3.8, 4) is 11.5 Å². The number of halogens is 1. The zero-order valence-electron chi connectivity index (χ0n) is 12.7. The van der Waals surface area contributed by atoms with E-state index in [0.29, 0.717) is 11.5 Å².